The van der Waals surface area contributed by atoms with E-state index in [2.05, 4.69) is 5.32 Å². The van der Waals surface area contributed by atoms with Gasteiger partial charge in [0.2, 0.25) is 5.91 Å². The fourth-order valence-corrected chi connectivity index (χ4v) is 4.36. The lowest BCUT2D eigenvalue weighted by molar-refractivity contribution is -0.139. The van der Waals surface area contributed by atoms with Crippen LogP contribution in [0.3, 0.4) is 0 Å². The summed E-state index contributed by atoms with van der Waals surface area (Å²) in [6.07, 6.45) is 0.146. The minimum Gasteiger partial charge on any atom is -0.497 e. The molecule has 0 aromatic heterocycles. The second-order valence-corrected chi connectivity index (χ2v) is 8.90. The first-order valence-corrected chi connectivity index (χ1v) is 12.6. The Labute approximate surface area is 228 Å². The molecule has 2 amide bonds. The minimum absolute atomic E-state index is 0.146. The zero-order chi connectivity index (χ0) is 27.6. The largest absolute Gasteiger partial charge is 0.497 e. The molecule has 4 rings (SSSR count). The van der Waals surface area contributed by atoms with E-state index in [0.717, 1.165) is 11.1 Å². The van der Waals surface area contributed by atoms with Crippen molar-refractivity contribution in [2.75, 3.05) is 26.6 Å². The molecule has 4 aromatic rings. The smallest absolute Gasteiger partial charge is 0.251 e. The molecule has 0 bridgehead atoms. The SMILES string of the molecule is COc1cccc(C(C(=O)Nc2ccc(OC)cc2OC)N(Cc2ccccc2)C(=O)Cc2ccccc2)c1. The molecule has 0 aliphatic rings. The third-order valence-electron chi connectivity index (χ3n) is 6.35. The van der Waals surface area contributed by atoms with Crippen molar-refractivity contribution in [3.8, 4) is 17.2 Å². The molecule has 7 heteroatoms. The summed E-state index contributed by atoms with van der Waals surface area (Å²) in [7, 11) is 4.65. The molecule has 0 radical (unpaired) electrons. The first-order valence-electron chi connectivity index (χ1n) is 12.6. The first kappa shape index (κ1) is 27.3. The number of ether oxygens (including phenoxy) is 3. The van der Waals surface area contributed by atoms with Gasteiger partial charge in [-0.2, -0.15) is 0 Å². The van der Waals surface area contributed by atoms with E-state index < -0.39 is 6.04 Å². The number of hydrogen-bond acceptors (Lipinski definition) is 5. The van der Waals surface area contributed by atoms with E-state index in [1.807, 2.05) is 72.8 Å². The van der Waals surface area contributed by atoms with Crippen molar-refractivity contribution in [3.63, 3.8) is 0 Å². The Morgan fingerprint density at radius 2 is 1.36 bits per heavy atom. The quantitative estimate of drug-likeness (QED) is 0.274. The summed E-state index contributed by atoms with van der Waals surface area (Å²) in [5.74, 6) is 1.05. The van der Waals surface area contributed by atoms with E-state index >= 15 is 0 Å². The van der Waals surface area contributed by atoms with E-state index in [1.165, 1.54) is 7.11 Å². The van der Waals surface area contributed by atoms with E-state index in [0.29, 0.717) is 28.5 Å². The van der Waals surface area contributed by atoms with Gasteiger partial charge in [-0.3, -0.25) is 9.59 Å². The van der Waals surface area contributed by atoms with Gasteiger partial charge in [0.1, 0.15) is 23.3 Å². The van der Waals surface area contributed by atoms with Crippen LogP contribution in [-0.4, -0.2) is 38.0 Å². The average Bonchev–Trinajstić information content (AvgIpc) is 2.98. The summed E-state index contributed by atoms with van der Waals surface area (Å²) in [6, 6.07) is 30.5. The number of nitrogens with one attached hydrogen (secondary N) is 1. The maximum Gasteiger partial charge on any atom is 0.251 e. The molecule has 0 spiro atoms. The molecule has 7 nitrogen and oxygen atoms in total. The van der Waals surface area contributed by atoms with Gasteiger partial charge in [0.15, 0.2) is 0 Å². The first-order chi connectivity index (χ1) is 19.0. The molecule has 0 aliphatic carbocycles. The normalized spacial score (nSPS) is 11.3. The van der Waals surface area contributed by atoms with Crippen LogP contribution in [0.1, 0.15) is 22.7 Å². The van der Waals surface area contributed by atoms with Crippen molar-refractivity contribution in [3.05, 3.63) is 120 Å². The van der Waals surface area contributed by atoms with Gasteiger partial charge in [0.05, 0.1) is 33.4 Å². The van der Waals surface area contributed by atoms with Crippen LogP contribution in [-0.2, 0) is 22.6 Å². The van der Waals surface area contributed by atoms with E-state index in [4.69, 9.17) is 14.2 Å². The zero-order valence-electron chi connectivity index (χ0n) is 22.3. The van der Waals surface area contributed by atoms with Gasteiger partial charge >= 0.3 is 0 Å². The third kappa shape index (κ3) is 6.96. The Morgan fingerprint density at radius 3 is 2.00 bits per heavy atom. The summed E-state index contributed by atoms with van der Waals surface area (Å²) in [5.41, 5.74) is 2.85. The fraction of sp³-hybridized carbons (Fsp3) is 0.188. The van der Waals surface area contributed by atoms with Gasteiger partial charge in [-0.15, -0.1) is 0 Å². The van der Waals surface area contributed by atoms with Crippen molar-refractivity contribution < 1.29 is 23.8 Å². The number of anilines is 1. The number of carbonyl (C=O) groups excluding carboxylic acids is 2. The van der Waals surface area contributed by atoms with Crippen LogP contribution in [0.4, 0.5) is 5.69 Å². The molecule has 0 fully saturated rings. The number of methoxy groups -OCH3 is 3. The number of carbonyl (C=O) groups is 2. The lowest BCUT2D eigenvalue weighted by Crippen LogP contribution is -2.41. The van der Waals surface area contributed by atoms with Gasteiger partial charge in [-0.05, 0) is 41.0 Å². The maximum atomic E-state index is 14.1. The number of benzene rings is 4. The van der Waals surface area contributed by atoms with Crippen LogP contribution in [0, 0.1) is 0 Å². The molecule has 1 unspecified atom stereocenters. The Kier molecular flexibility index (Phi) is 9.19. The highest BCUT2D eigenvalue weighted by atomic mass is 16.5. The van der Waals surface area contributed by atoms with Crippen LogP contribution in [0.2, 0.25) is 0 Å². The number of hydrogen-bond donors (Lipinski definition) is 1. The molecule has 0 saturated heterocycles. The Bertz CT molecular complexity index is 1390. The number of rotatable bonds is 11. The van der Waals surface area contributed by atoms with Crippen molar-refractivity contribution in [2.24, 2.45) is 0 Å². The molecule has 0 saturated carbocycles. The predicted molar refractivity (Wildman–Crippen MR) is 151 cm³/mol. The van der Waals surface area contributed by atoms with Crippen LogP contribution >= 0.6 is 0 Å². The molecule has 1 N–H and O–H groups in total. The van der Waals surface area contributed by atoms with E-state index in [1.54, 1.807) is 49.5 Å². The van der Waals surface area contributed by atoms with Gasteiger partial charge in [-0.1, -0.05) is 72.8 Å². The molecule has 0 aliphatic heterocycles. The number of amides is 2. The Hall–Kier alpha value is -4.78. The van der Waals surface area contributed by atoms with Gasteiger partial charge in [0.25, 0.3) is 5.91 Å². The summed E-state index contributed by atoms with van der Waals surface area (Å²) >= 11 is 0. The van der Waals surface area contributed by atoms with Gasteiger partial charge in [-0.25, -0.2) is 0 Å². The van der Waals surface area contributed by atoms with E-state index in [-0.39, 0.29) is 24.8 Å². The highest BCUT2D eigenvalue weighted by molar-refractivity contribution is 5.99. The highest BCUT2D eigenvalue weighted by Crippen LogP contribution is 2.33. The average molecular weight is 525 g/mol. The van der Waals surface area contributed by atoms with Crippen molar-refractivity contribution in [1.82, 2.24) is 4.90 Å². The van der Waals surface area contributed by atoms with Crippen molar-refractivity contribution in [2.45, 2.75) is 19.0 Å². The van der Waals surface area contributed by atoms with E-state index in [9.17, 15) is 9.59 Å². The number of nitrogens with zero attached hydrogens (tertiary/aromatic N) is 1. The van der Waals surface area contributed by atoms with Crippen molar-refractivity contribution >= 4 is 17.5 Å². The van der Waals surface area contributed by atoms with Crippen LogP contribution in [0.5, 0.6) is 17.2 Å². The zero-order valence-corrected chi connectivity index (χ0v) is 22.3. The van der Waals surface area contributed by atoms with Crippen molar-refractivity contribution in [1.29, 1.82) is 0 Å². The third-order valence-corrected chi connectivity index (χ3v) is 6.35. The summed E-state index contributed by atoms with van der Waals surface area (Å²) in [5, 5.41) is 2.98. The maximum absolute atomic E-state index is 14.1. The molecule has 200 valence electrons. The van der Waals surface area contributed by atoms with Crippen LogP contribution in [0.25, 0.3) is 0 Å². The molecule has 39 heavy (non-hydrogen) atoms. The lowest BCUT2D eigenvalue weighted by atomic mass is 10.0. The second-order valence-electron chi connectivity index (χ2n) is 8.90. The standard InChI is InChI=1S/C32H32N2O5/c1-37-26-16-10-15-25(20-26)31(32(36)33-28-18-17-27(38-2)21-29(28)39-3)34(22-24-13-8-5-9-14-24)30(35)19-23-11-6-4-7-12-23/h4-18,20-21,31H,19,22H2,1-3H3,(H,33,36). The van der Waals surface area contributed by atoms with Crippen LogP contribution in [0.15, 0.2) is 103 Å². The van der Waals surface area contributed by atoms with Gasteiger partial charge in [0, 0.05) is 12.6 Å². The summed E-state index contributed by atoms with van der Waals surface area (Å²) in [4.78, 5) is 29.6. The Morgan fingerprint density at radius 1 is 0.718 bits per heavy atom. The monoisotopic (exact) mass is 524 g/mol. The minimum atomic E-state index is -0.955. The molecular formula is C32H32N2O5. The lowest BCUT2D eigenvalue weighted by Gasteiger charge is -2.32. The molecular weight excluding hydrogens is 492 g/mol. The predicted octanol–water partition coefficient (Wildman–Crippen LogP) is 5.66. The fourth-order valence-electron chi connectivity index (χ4n) is 4.36. The topological polar surface area (TPSA) is 77.1 Å². The summed E-state index contributed by atoms with van der Waals surface area (Å²) in [6.45, 7) is 0.238. The van der Waals surface area contributed by atoms with Gasteiger partial charge < -0.3 is 24.4 Å². The highest BCUT2D eigenvalue weighted by Gasteiger charge is 2.32. The molecule has 1 atom stereocenters. The van der Waals surface area contributed by atoms with Crippen LogP contribution < -0.4 is 19.5 Å². The molecule has 4 aromatic carbocycles. The molecule has 0 heterocycles. The summed E-state index contributed by atoms with van der Waals surface area (Å²) < 4.78 is 16.2. The second kappa shape index (κ2) is 13.1. The Balaban J connectivity index is 1.77.